The first-order valence-corrected chi connectivity index (χ1v) is 6.38. The van der Waals surface area contributed by atoms with Crippen molar-refractivity contribution in [2.75, 3.05) is 6.54 Å². The molecule has 2 heterocycles. The summed E-state index contributed by atoms with van der Waals surface area (Å²) in [7, 11) is 0. The Balaban J connectivity index is 2.16. The van der Waals surface area contributed by atoms with Gasteiger partial charge in [0.1, 0.15) is 6.26 Å². The van der Waals surface area contributed by atoms with Gasteiger partial charge in [-0.15, -0.1) is 0 Å². The third-order valence-corrected chi connectivity index (χ3v) is 3.20. The quantitative estimate of drug-likeness (QED) is 0.847. The molecule has 6 heteroatoms. The summed E-state index contributed by atoms with van der Waals surface area (Å²) < 4.78 is 7.05. The van der Waals surface area contributed by atoms with E-state index in [4.69, 9.17) is 16.0 Å². The highest BCUT2D eigenvalue weighted by Crippen LogP contribution is 2.21. The lowest BCUT2D eigenvalue weighted by molar-refractivity contribution is 0.504. The highest BCUT2D eigenvalue weighted by molar-refractivity contribution is 6.31. The molecule has 18 heavy (non-hydrogen) atoms. The number of hydrogen-bond donors (Lipinski definition) is 1. The van der Waals surface area contributed by atoms with Crippen LogP contribution >= 0.6 is 11.6 Å². The fraction of sp³-hybridized carbons (Fsp3) is 0.500. The Morgan fingerprint density at radius 1 is 1.44 bits per heavy atom. The van der Waals surface area contributed by atoms with Crippen LogP contribution in [0.1, 0.15) is 30.4 Å². The van der Waals surface area contributed by atoms with Gasteiger partial charge in [0.05, 0.1) is 22.1 Å². The Morgan fingerprint density at radius 2 is 2.22 bits per heavy atom. The first-order valence-electron chi connectivity index (χ1n) is 6.00. The summed E-state index contributed by atoms with van der Waals surface area (Å²) in [6.07, 6.45) is 2.74. The summed E-state index contributed by atoms with van der Waals surface area (Å²) in [4.78, 5) is 4.38. The largest absolute Gasteiger partial charge is 0.430 e. The minimum Gasteiger partial charge on any atom is -0.430 e. The van der Waals surface area contributed by atoms with Gasteiger partial charge in [-0.05, 0) is 26.8 Å². The minimum absolute atomic E-state index is 0.454. The number of aromatic nitrogens is 3. The summed E-state index contributed by atoms with van der Waals surface area (Å²) >= 11 is 6.09. The molecular weight excluding hydrogens is 252 g/mol. The maximum Gasteiger partial charge on any atom is 0.323 e. The third-order valence-electron chi connectivity index (χ3n) is 2.66. The monoisotopic (exact) mass is 268 g/mol. The Morgan fingerprint density at radius 3 is 2.83 bits per heavy atom. The minimum atomic E-state index is 0.454. The standard InChI is InChI=1S/C12H17ClN4O/c1-4-5-14-6-10-7-18-12(15-10)17-9(3)11(13)8(2)16-17/h7,14H,4-6H2,1-3H3. The van der Waals surface area contributed by atoms with E-state index in [1.807, 2.05) is 13.8 Å². The van der Waals surface area contributed by atoms with E-state index in [1.54, 1.807) is 10.9 Å². The second-order valence-electron chi connectivity index (χ2n) is 4.19. The van der Waals surface area contributed by atoms with Crippen LogP contribution in [0.3, 0.4) is 0 Å². The molecule has 0 atom stereocenters. The first-order chi connectivity index (χ1) is 8.63. The van der Waals surface area contributed by atoms with Crippen LogP contribution in [-0.4, -0.2) is 21.3 Å². The summed E-state index contributed by atoms with van der Waals surface area (Å²) in [5.41, 5.74) is 2.48. The van der Waals surface area contributed by atoms with E-state index in [-0.39, 0.29) is 0 Å². The number of oxazole rings is 1. The molecule has 0 saturated heterocycles. The number of rotatable bonds is 5. The van der Waals surface area contributed by atoms with Crippen LogP contribution in [0.4, 0.5) is 0 Å². The lowest BCUT2D eigenvalue weighted by Crippen LogP contribution is -2.14. The molecule has 98 valence electrons. The van der Waals surface area contributed by atoms with Gasteiger partial charge in [-0.1, -0.05) is 18.5 Å². The molecule has 2 aromatic rings. The van der Waals surface area contributed by atoms with Crippen LogP contribution in [0, 0.1) is 13.8 Å². The lowest BCUT2D eigenvalue weighted by Gasteiger charge is -1.98. The number of nitrogens with one attached hydrogen (secondary N) is 1. The van der Waals surface area contributed by atoms with Crippen molar-refractivity contribution in [3.63, 3.8) is 0 Å². The van der Waals surface area contributed by atoms with Crippen LogP contribution in [0.15, 0.2) is 10.7 Å². The van der Waals surface area contributed by atoms with Crippen LogP contribution in [0.5, 0.6) is 0 Å². The van der Waals surface area contributed by atoms with Crippen molar-refractivity contribution in [3.8, 4) is 6.01 Å². The smallest absolute Gasteiger partial charge is 0.323 e. The predicted octanol–water partition coefficient (Wildman–Crippen LogP) is 2.63. The molecular formula is C12H17ClN4O. The molecule has 1 N–H and O–H groups in total. The summed E-state index contributed by atoms with van der Waals surface area (Å²) in [6, 6.07) is 0.454. The summed E-state index contributed by atoms with van der Waals surface area (Å²) in [6.45, 7) is 7.54. The zero-order valence-corrected chi connectivity index (χ0v) is 11.6. The molecule has 0 saturated carbocycles. The maximum atomic E-state index is 6.09. The Bertz CT molecular complexity index is 532. The van der Waals surface area contributed by atoms with Crippen molar-refractivity contribution in [1.29, 1.82) is 0 Å². The van der Waals surface area contributed by atoms with Gasteiger partial charge in [0, 0.05) is 6.54 Å². The van der Waals surface area contributed by atoms with Crippen molar-refractivity contribution >= 4 is 11.6 Å². The van der Waals surface area contributed by atoms with E-state index < -0.39 is 0 Å². The van der Waals surface area contributed by atoms with Gasteiger partial charge >= 0.3 is 6.01 Å². The van der Waals surface area contributed by atoms with Gasteiger partial charge < -0.3 is 9.73 Å². The molecule has 0 amide bonds. The van der Waals surface area contributed by atoms with E-state index in [0.717, 1.165) is 30.0 Å². The second-order valence-corrected chi connectivity index (χ2v) is 4.57. The Hall–Kier alpha value is -1.33. The van der Waals surface area contributed by atoms with E-state index in [9.17, 15) is 0 Å². The fourth-order valence-electron chi connectivity index (χ4n) is 1.68. The fourth-order valence-corrected chi connectivity index (χ4v) is 1.80. The van der Waals surface area contributed by atoms with Crippen LogP contribution in [0.2, 0.25) is 5.02 Å². The Labute approximate surface area is 111 Å². The number of hydrogen-bond acceptors (Lipinski definition) is 4. The van der Waals surface area contributed by atoms with Gasteiger partial charge in [0.2, 0.25) is 0 Å². The first kappa shape index (κ1) is 13.1. The number of halogens is 1. The Kier molecular flexibility index (Phi) is 4.04. The topological polar surface area (TPSA) is 55.9 Å². The average Bonchev–Trinajstić information content (AvgIpc) is 2.91. The molecule has 2 rings (SSSR count). The number of nitrogens with zero attached hydrogens (tertiary/aromatic N) is 3. The molecule has 0 aliphatic rings. The molecule has 0 spiro atoms. The normalized spacial score (nSPS) is 11.1. The van der Waals surface area contributed by atoms with E-state index in [2.05, 4.69) is 22.3 Å². The van der Waals surface area contributed by atoms with Crippen LogP contribution in [-0.2, 0) is 6.54 Å². The SMILES string of the molecule is CCCNCc1coc(-n2nc(C)c(Cl)c2C)n1. The molecule has 0 aromatic carbocycles. The third kappa shape index (κ3) is 2.57. The van der Waals surface area contributed by atoms with Crippen LogP contribution < -0.4 is 5.32 Å². The van der Waals surface area contributed by atoms with E-state index in [0.29, 0.717) is 17.6 Å². The highest BCUT2D eigenvalue weighted by atomic mass is 35.5. The molecule has 0 fully saturated rings. The molecule has 0 radical (unpaired) electrons. The van der Waals surface area contributed by atoms with Gasteiger partial charge in [0.25, 0.3) is 0 Å². The van der Waals surface area contributed by atoms with Crippen molar-refractivity contribution in [1.82, 2.24) is 20.1 Å². The number of aryl methyl sites for hydroxylation is 1. The zero-order valence-electron chi connectivity index (χ0n) is 10.8. The van der Waals surface area contributed by atoms with Crippen LogP contribution in [0.25, 0.3) is 6.01 Å². The van der Waals surface area contributed by atoms with Gasteiger partial charge in [0.15, 0.2) is 0 Å². The highest BCUT2D eigenvalue weighted by Gasteiger charge is 2.14. The molecule has 5 nitrogen and oxygen atoms in total. The molecule has 0 bridgehead atoms. The summed E-state index contributed by atoms with van der Waals surface area (Å²) in [5.74, 6) is 0. The summed E-state index contributed by atoms with van der Waals surface area (Å²) in [5, 5.41) is 8.22. The van der Waals surface area contributed by atoms with E-state index >= 15 is 0 Å². The second kappa shape index (κ2) is 5.54. The van der Waals surface area contributed by atoms with Crippen molar-refractivity contribution < 1.29 is 4.42 Å². The van der Waals surface area contributed by atoms with Gasteiger partial charge in [-0.25, -0.2) is 0 Å². The zero-order chi connectivity index (χ0) is 13.1. The molecule has 2 aromatic heterocycles. The molecule has 0 unspecified atom stereocenters. The maximum absolute atomic E-state index is 6.09. The average molecular weight is 269 g/mol. The van der Waals surface area contributed by atoms with Crippen molar-refractivity contribution in [3.05, 3.63) is 28.4 Å². The molecule has 0 aliphatic heterocycles. The van der Waals surface area contributed by atoms with E-state index in [1.165, 1.54) is 0 Å². The molecule has 0 aliphatic carbocycles. The lowest BCUT2D eigenvalue weighted by atomic mass is 10.4. The van der Waals surface area contributed by atoms with Crippen molar-refractivity contribution in [2.45, 2.75) is 33.7 Å². The van der Waals surface area contributed by atoms with Gasteiger partial charge in [-0.3, -0.25) is 0 Å². The van der Waals surface area contributed by atoms with Gasteiger partial charge in [-0.2, -0.15) is 14.8 Å². The van der Waals surface area contributed by atoms with Crippen molar-refractivity contribution in [2.24, 2.45) is 0 Å². The predicted molar refractivity (Wildman–Crippen MR) is 70.1 cm³/mol.